The summed E-state index contributed by atoms with van der Waals surface area (Å²) in [6.07, 6.45) is 18.0. The van der Waals surface area contributed by atoms with Crippen LogP contribution in [0.5, 0.6) is 0 Å². The summed E-state index contributed by atoms with van der Waals surface area (Å²) in [5, 5.41) is 8.90. The fourth-order valence-corrected chi connectivity index (χ4v) is 2.55. The highest BCUT2D eigenvalue weighted by atomic mass is 17.1. The van der Waals surface area contributed by atoms with Crippen molar-refractivity contribution in [2.45, 2.75) is 96.5 Å². The van der Waals surface area contributed by atoms with Gasteiger partial charge in [-0.1, -0.05) is 70.4 Å². The molecule has 23 heavy (non-hydrogen) atoms. The summed E-state index contributed by atoms with van der Waals surface area (Å²) in [6.45, 7) is 2.21. The van der Waals surface area contributed by atoms with Crippen LogP contribution >= 0.6 is 0 Å². The summed E-state index contributed by atoms with van der Waals surface area (Å²) in [7, 11) is 1.43. The van der Waals surface area contributed by atoms with E-state index < -0.39 is 0 Å². The lowest BCUT2D eigenvalue weighted by atomic mass is 10.1. The van der Waals surface area contributed by atoms with Gasteiger partial charge in [-0.05, 0) is 25.7 Å². The van der Waals surface area contributed by atoms with E-state index in [4.69, 9.17) is 5.26 Å². The molecule has 0 fully saturated rings. The Morgan fingerprint density at radius 2 is 1.65 bits per heavy atom. The van der Waals surface area contributed by atoms with E-state index in [9.17, 15) is 4.79 Å². The number of carbonyl (C=O) groups is 1. The second-order valence-electron chi connectivity index (χ2n) is 6.16. The molecule has 0 aromatic heterocycles. The van der Waals surface area contributed by atoms with Gasteiger partial charge < -0.3 is 4.74 Å². The molecule has 4 heteroatoms. The summed E-state index contributed by atoms with van der Waals surface area (Å²) >= 11 is 0. The summed E-state index contributed by atoms with van der Waals surface area (Å²) in [5.74, 6) is -0.113. The van der Waals surface area contributed by atoms with Crippen LogP contribution in [0.15, 0.2) is 12.2 Å². The van der Waals surface area contributed by atoms with Gasteiger partial charge in [0.1, 0.15) is 6.10 Å². The SMILES string of the molecule is CCCCCCCC(/C=C\CCCCCCCC(=O)OC)OO. The molecule has 1 unspecified atom stereocenters. The van der Waals surface area contributed by atoms with Crippen molar-refractivity contribution in [3.63, 3.8) is 0 Å². The second kappa shape index (κ2) is 17.5. The number of methoxy groups -OCH3 is 1. The molecule has 0 aliphatic heterocycles. The predicted octanol–water partition coefficient (Wildman–Crippen LogP) is 5.67. The van der Waals surface area contributed by atoms with Crippen molar-refractivity contribution in [3.05, 3.63) is 12.2 Å². The highest BCUT2D eigenvalue weighted by molar-refractivity contribution is 5.68. The van der Waals surface area contributed by atoms with Crippen LogP contribution < -0.4 is 0 Å². The molecule has 0 aliphatic carbocycles. The van der Waals surface area contributed by atoms with Crippen molar-refractivity contribution in [1.29, 1.82) is 0 Å². The number of rotatable bonds is 16. The lowest BCUT2D eigenvalue weighted by Gasteiger charge is -2.08. The minimum Gasteiger partial charge on any atom is -0.469 e. The highest BCUT2D eigenvalue weighted by Crippen LogP contribution is 2.12. The average molecular weight is 328 g/mol. The Morgan fingerprint density at radius 3 is 2.35 bits per heavy atom. The molecular formula is C19H36O4. The second-order valence-corrected chi connectivity index (χ2v) is 6.16. The van der Waals surface area contributed by atoms with Crippen molar-refractivity contribution < 1.29 is 19.7 Å². The molecule has 0 aromatic rings. The van der Waals surface area contributed by atoms with Crippen LogP contribution in [0.25, 0.3) is 0 Å². The quantitative estimate of drug-likeness (QED) is 0.130. The fourth-order valence-electron chi connectivity index (χ4n) is 2.55. The van der Waals surface area contributed by atoms with E-state index in [0.717, 1.165) is 44.9 Å². The zero-order chi connectivity index (χ0) is 17.2. The molecule has 0 heterocycles. The molecule has 0 aliphatic rings. The zero-order valence-electron chi connectivity index (χ0n) is 15.1. The molecule has 0 aromatic carbocycles. The zero-order valence-corrected chi connectivity index (χ0v) is 15.1. The van der Waals surface area contributed by atoms with Gasteiger partial charge in [0.15, 0.2) is 0 Å². The van der Waals surface area contributed by atoms with E-state index in [-0.39, 0.29) is 12.1 Å². The van der Waals surface area contributed by atoms with E-state index in [1.807, 2.05) is 6.08 Å². The van der Waals surface area contributed by atoms with Crippen LogP contribution in [0, 0.1) is 0 Å². The topological polar surface area (TPSA) is 55.8 Å². The van der Waals surface area contributed by atoms with Crippen molar-refractivity contribution in [2.24, 2.45) is 0 Å². The molecule has 0 saturated carbocycles. The number of esters is 1. The molecule has 1 atom stereocenters. The molecule has 0 spiro atoms. The number of hydrogen-bond donors (Lipinski definition) is 1. The summed E-state index contributed by atoms with van der Waals surface area (Å²) in [5.41, 5.74) is 0. The Kier molecular flexibility index (Phi) is 16.8. The van der Waals surface area contributed by atoms with Gasteiger partial charge in [0.25, 0.3) is 0 Å². The van der Waals surface area contributed by atoms with Gasteiger partial charge in [-0.15, -0.1) is 0 Å². The number of hydrogen-bond acceptors (Lipinski definition) is 4. The predicted molar refractivity (Wildman–Crippen MR) is 94.4 cm³/mol. The van der Waals surface area contributed by atoms with E-state index in [0.29, 0.717) is 6.42 Å². The normalized spacial score (nSPS) is 12.7. The third-order valence-corrected chi connectivity index (χ3v) is 4.06. The van der Waals surface area contributed by atoms with Crippen LogP contribution in [-0.4, -0.2) is 24.4 Å². The maximum atomic E-state index is 10.9. The van der Waals surface area contributed by atoms with Gasteiger partial charge in [0, 0.05) is 6.42 Å². The molecule has 0 saturated heterocycles. The fraction of sp³-hybridized carbons (Fsp3) is 0.842. The Labute approximate surface area is 142 Å². The van der Waals surface area contributed by atoms with Gasteiger partial charge in [0.2, 0.25) is 0 Å². The van der Waals surface area contributed by atoms with E-state index in [2.05, 4.69) is 22.6 Å². The minimum absolute atomic E-state index is 0.113. The summed E-state index contributed by atoms with van der Waals surface area (Å²) in [6, 6.07) is 0. The molecular weight excluding hydrogens is 292 g/mol. The first kappa shape index (κ1) is 22.1. The van der Waals surface area contributed by atoms with Crippen LogP contribution in [-0.2, 0) is 14.4 Å². The van der Waals surface area contributed by atoms with Gasteiger partial charge in [0.05, 0.1) is 7.11 Å². The van der Waals surface area contributed by atoms with Crippen LogP contribution in [0.1, 0.15) is 90.4 Å². The number of allylic oxidation sites excluding steroid dienone is 1. The van der Waals surface area contributed by atoms with Crippen molar-refractivity contribution >= 4 is 5.97 Å². The van der Waals surface area contributed by atoms with Crippen molar-refractivity contribution in [2.75, 3.05) is 7.11 Å². The maximum Gasteiger partial charge on any atom is 0.305 e. The van der Waals surface area contributed by atoms with E-state index in [1.165, 1.54) is 39.2 Å². The van der Waals surface area contributed by atoms with Gasteiger partial charge in [-0.3, -0.25) is 10.1 Å². The monoisotopic (exact) mass is 328 g/mol. The van der Waals surface area contributed by atoms with Gasteiger partial charge in [-0.2, -0.15) is 0 Å². The average Bonchev–Trinajstić information content (AvgIpc) is 2.57. The van der Waals surface area contributed by atoms with Crippen LogP contribution in [0.2, 0.25) is 0 Å². The molecule has 4 nitrogen and oxygen atoms in total. The van der Waals surface area contributed by atoms with Crippen molar-refractivity contribution in [1.82, 2.24) is 0 Å². The Hall–Kier alpha value is -0.870. The molecule has 0 rings (SSSR count). The van der Waals surface area contributed by atoms with Crippen molar-refractivity contribution in [3.8, 4) is 0 Å². The van der Waals surface area contributed by atoms with Gasteiger partial charge in [-0.25, -0.2) is 4.89 Å². The first-order valence-corrected chi connectivity index (χ1v) is 9.28. The van der Waals surface area contributed by atoms with Crippen LogP contribution in [0.3, 0.4) is 0 Å². The summed E-state index contributed by atoms with van der Waals surface area (Å²) in [4.78, 5) is 15.5. The number of carbonyl (C=O) groups excluding carboxylic acids is 1. The third-order valence-electron chi connectivity index (χ3n) is 4.06. The highest BCUT2D eigenvalue weighted by Gasteiger charge is 2.03. The maximum absolute atomic E-state index is 10.9. The lowest BCUT2D eigenvalue weighted by molar-refractivity contribution is -0.267. The van der Waals surface area contributed by atoms with Crippen LogP contribution in [0.4, 0.5) is 0 Å². The lowest BCUT2D eigenvalue weighted by Crippen LogP contribution is -2.06. The first-order valence-electron chi connectivity index (χ1n) is 9.28. The molecule has 0 amide bonds. The van der Waals surface area contributed by atoms with E-state index in [1.54, 1.807) is 0 Å². The third kappa shape index (κ3) is 15.8. The molecule has 1 N–H and O–H groups in total. The number of ether oxygens (including phenoxy) is 1. The molecule has 0 bridgehead atoms. The molecule has 136 valence electrons. The van der Waals surface area contributed by atoms with Gasteiger partial charge >= 0.3 is 5.97 Å². The Morgan fingerprint density at radius 1 is 1.00 bits per heavy atom. The summed E-state index contributed by atoms with van der Waals surface area (Å²) < 4.78 is 4.61. The minimum atomic E-state index is -0.156. The first-order chi connectivity index (χ1) is 11.2. The smallest absolute Gasteiger partial charge is 0.305 e. The van der Waals surface area contributed by atoms with E-state index >= 15 is 0 Å². The number of unbranched alkanes of at least 4 members (excludes halogenated alkanes) is 9. The Bertz CT molecular complexity index is 289. The largest absolute Gasteiger partial charge is 0.469 e. The molecule has 0 radical (unpaired) electrons. The standard InChI is InChI=1S/C19H36O4/c1-3-4-5-9-12-15-18(23-21)16-13-10-7-6-8-11-14-17-19(20)22-2/h13,16,18,21H,3-12,14-15,17H2,1-2H3/b16-13-. The Balaban J connectivity index is 3.46.